The van der Waals surface area contributed by atoms with Crippen molar-refractivity contribution in [2.24, 2.45) is 0 Å². The molecule has 0 aromatic carbocycles. The lowest BCUT2D eigenvalue weighted by atomic mass is 10.5. The van der Waals surface area contributed by atoms with Crippen LogP contribution in [0.5, 0.6) is 0 Å². The molecular weight excluding hydrogens is 244 g/mol. The van der Waals surface area contributed by atoms with Crippen molar-refractivity contribution in [3.8, 4) is 0 Å². The van der Waals surface area contributed by atoms with Crippen molar-refractivity contribution in [2.45, 2.75) is 13.5 Å². The van der Waals surface area contributed by atoms with E-state index in [1.54, 1.807) is 24.2 Å². The van der Waals surface area contributed by atoms with Crippen LogP contribution in [0.3, 0.4) is 0 Å². The van der Waals surface area contributed by atoms with Gasteiger partial charge in [-0.25, -0.2) is 0 Å². The van der Waals surface area contributed by atoms with E-state index in [0.717, 1.165) is 12.2 Å². The van der Waals surface area contributed by atoms with E-state index in [9.17, 15) is 4.79 Å². The maximum atomic E-state index is 11.4. The summed E-state index contributed by atoms with van der Waals surface area (Å²) in [6.07, 6.45) is 3.43. The van der Waals surface area contributed by atoms with Crippen molar-refractivity contribution < 1.29 is 9.53 Å². The third-order valence-corrected chi connectivity index (χ3v) is 2.01. The Hall–Kier alpha value is -1.11. The fourth-order valence-corrected chi connectivity index (χ4v) is 1.18. The van der Waals surface area contributed by atoms with Gasteiger partial charge in [-0.2, -0.15) is 5.10 Å². The van der Waals surface area contributed by atoms with Crippen LogP contribution in [0.1, 0.15) is 6.92 Å². The van der Waals surface area contributed by atoms with E-state index in [4.69, 9.17) is 4.74 Å². The maximum Gasteiger partial charge on any atom is 0.238 e. The van der Waals surface area contributed by atoms with Gasteiger partial charge < -0.3 is 15.4 Å². The number of hydrogen-bond acceptors (Lipinski definition) is 4. The first-order valence-corrected chi connectivity index (χ1v) is 5.28. The molecule has 0 spiro atoms. The summed E-state index contributed by atoms with van der Waals surface area (Å²) in [6.45, 7) is 4.33. The van der Waals surface area contributed by atoms with Crippen molar-refractivity contribution >= 4 is 24.0 Å². The molecular formula is C10H19ClN4O2. The second kappa shape index (κ2) is 8.98. The number of nitrogens with one attached hydrogen (secondary N) is 2. The molecule has 0 unspecified atom stereocenters. The first-order valence-electron chi connectivity index (χ1n) is 5.28. The summed E-state index contributed by atoms with van der Waals surface area (Å²) >= 11 is 0. The highest BCUT2D eigenvalue weighted by Crippen LogP contribution is 2.03. The standard InChI is InChI=1S/C10H18N4O2.ClH/c1-3-14-8-9(6-12-14)13-10(15)7-11-4-5-16-2;/h6,8,11H,3-5,7H2,1-2H3,(H,13,15);1H. The molecule has 0 atom stereocenters. The molecule has 0 saturated heterocycles. The zero-order chi connectivity index (χ0) is 11.8. The van der Waals surface area contributed by atoms with E-state index in [-0.39, 0.29) is 24.9 Å². The van der Waals surface area contributed by atoms with Crippen LogP contribution in [-0.2, 0) is 16.1 Å². The molecule has 1 aromatic rings. The van der Waals surface area contributed by atoms with Gasteiger partial charge in [0, 0.05) is 26.4 Å². The molecule has 0 aliphatic heterocycles. The zero-order valence-electron chi connectivity index (χ0n) is 10.1. The summed E-state index contributed by atoms with van der Waals surface area (Å²) in [7, 11) is 1.63. The number of halogens is 1. The third kappa shape index (κ3) is 6.25. The highest BCUT2D eigenvalue weighted by atomic mass is 35.5. The molecule has 0 saturated carbocycles. The summed E-state index contributed by atoms with van der Waals surface area (Å²) in [4.78, 5) is 11.4. The van der Waals surface area contributed by atoms with E-state index >= 15 is 0 Å². The summed E-state index contributed by atoms with van der Waals surface area (Å²) in [5.41, 5.74) is 0.723. The third-order valence-electron chi connectivity index (χ3n) is 2.01. The van der Waals surface area contributed by atoms with Crippen LogP contribution >= 0.6 is 12.4 Å². The first-order chi connectivity index (χ1) is 7.76. The molecule has 0 fully saturated rings. The van der Waals surface area contributed by atoms with Gasteiger partial charge in [0.15, 0.2) is 0 Å². The number of carbonyl (C=O) groups excluding carboxylic acids is 1. The topological polar surface area (TPSA) is 68.2 Å². The molecule has 1 heterocycles. The Morgan fingerprint density at radius 2 is 2.35 bits per heavy atom. The lowest BCUT2D eigenvalue weighted by Gasteiger charge is -2.04. The molecule has 0 aliphatic carbocycles. The minimum absolute atomic E-state index is 0. The Kier molecular flexibility index (Phi) is 8.39. The number of methoxy groups -OCH3 is 1. The summed E-state index contributed by atoms with van der Waals surface area (Å²) in [5.74, 6) is -0.0771. The second-order valence-electron chi connectivity index (χ2n) is 3.30. The number of hydrogen-bond donors (Lipinski definition) is 2. The normalized spacial score (nSPS) is 9.76. The Balaban J connectivity index is 0.00000256. The second-order valence-corrected chi connectivity index (χ2v) is 3.30. The minimum Gasteiger partial charge on any atom is -0.383 e. The summed E-state index contributed by atoms with van der Waals surface area (Å²) in [6, 6.07) is 0. The molecule has 0 bridgehead atoms. The van der Waals surface area contributed by atoms with Crippen LogP contribution in [0.15, 0.2) is 12.4 Å². The van der Waals surface area contributed by atoms with Crippen LogP contribution in [0.2, 0.25) is 0 Å². The lowest BCUT2D eigenvalue weighted by Crippen LogP contribution is -2.30. The fourth-order valence-electron chi connectivity index (χ4n) is 1.18. The van der Waals surface area contributed by atoms with Gasteiger partial charge in [0.25, 0.3) is 0 Å². The van der Waals surface area contributed by atoms with Gasteiger partial charge in [-0.05, 0) is 6.92 Å². The van der Waals surface area contributed by atoms with Gasteiger partial charge >= 0.3 is 0 Å². The van der Waals surface area contributed by atoms with Crippen molar-refractivity contribution in [1.82, 2.24) is 15.1 Å². The number of ether oxygens (including phenoxy) is 1. The van der Waals surface area contributed by atoms with Gasteiger partial charge in [0.1, 0.15) is 0 Å². The molecule has 7 heteroatoms. The van der Waals surface area contributed by atoms with Gasteiger partial charge in [-0.15, -0.1) is 12.4 Å². The van der Waals surface area contributed by atoms with E-state index in [1.165, 1.54) is 0 Å². The molecule has 17 heavy (non-hydrogen) atoms. The van der Waals surface area contributed by atoms with Gasteiger partial charge in [0.05, 0.1) is 25.0 Å². The quantitative estimate of drug-likeness (QED) is 0.702. The van der Waals surface area contributed by atoms with E-state index in [1.807, 2.05) is 6.92 Å². The lowest BCUT2D eigenvalue weighted by molar-refractivity contribution is -0.115. The number of aryl methyl sites for hydroxylation is 1. The monoisotopic (exact) mass is 262 g/mol. The smallest absolute Gasteiger partial charge is 0.238 e. The van der Waals surface area contributed by atoms with Crippen molar-refractivity contribution in [3.05, 3.63) is 12.4 Å². The van der Waals surface area contributed by atoms with E-state index in [0.29, 0.717) is 13.2 Å². The molecule has 98 valence electrons. The zero-order valence-corrected chi connectivity index (χ0v) is 10.9. The first kappa shape index (κ1) is 15.9. The fraction of sp³-hybridized carbons (Fsp3) is 0.600. The predicted molar refractivity (Wildman–Crippen MR) is 68.5 cm³/mol. The Morgan fingerprint density at radius 3 is 2.94 bits per heavy atom. The highest BCUT2D eigenvalue weighted by molar-refractivity contribution is 5.91. The van der Waals surface area contributed by atoms with Crippen LogP contribution in [-0.4, -0.2) is 42.5 Å². The van der Waals surface area contributed by atoms with Crippen LogP contribution in [0.4, 0.5) is 5.69 Å². The van der Waals surface area contributed by atoms with Crippen LogP contribution < -0.4 is 10.6 Å². The van der Waals surface area contributed by atoms with Crippen molar-refractivity contribution in [2.75, 3.05) is 32.1 Å². The van der Waals surface area contributed by atoms with E-state index in [2.05, 4.69) is 15.7 Å². The van der Waals surface area contributed by atoms with Crippen LogP contribution in [0.25, 0.3) is 0 Å². The molecule has 6 nitrogen and oxygen atoms in total. The number of amides is 1. The molecule has 1 rings (SSSR count). The molecule has 2 N–H and O–H groups in total. The van der Waals surface area contributed by atoms with Gasteiger partial charge in [-0.3, -0.25) is 9.48 Å². The Morgan fingerprint density at radius 1 is 1.59 bits per heavy atom. The average Bonchev–Trinajstić information content (AvgIpc) is 2.72. The highest BCUT2D eigenvalue weighted by Gasteiger charge is 2.03. The largest absolute Gasteiger partial charge is 0.383 e. The maximum absolute atomic E-state index is 11.4. The number of nitrogens with zero attached hydrogens (tertiary/aromatic N) is 2. The van der Waals surface area contributed by atoms with Crippen molar-refractivity contribution in [1.29, 1.82) is 0 Å². The molecule has 0 radical (unpaired) electrons. The summed E-state index contributed by atoms with van der Waals surface area (Å²) < 4.78 is 6.61. The summed E-state index contributed by atoms with van der Waals surface area (Å²) in [5, 5.41) is 9.77. The van der Waals surface area contributed by atoms with Gasteiger partial charge in [0.2, 0.25) is 5.91 Å². The molecule has 1 amide bonds. The Bertz CT molecular complexity index is 330. The van der Waals surface area contributed by atoms with Crippen LogP contribution in [0, 0.1) is 0 Å². The minimum atomic E-state index is -0.0771. The number of aromatic nitrogens is 2. The average molecular weight is 263 g/mol. The Labute approximate surface area is 107 Å². The number of carbonyl (C=O) groups is 1. The number of anilines is 1. The molecule has 0 aliphatic rings. The predicted octanol–water partition coefficient (Wildman–Crippen LogP) is 0.499. The molecule has 1 aromatic heterocycles. The van der Waals surface area contributed by atoms with E-state index < -0.39 is 0 Å². The van der Waals surface area contributed by atoms with Crippen molar-refractivity contribution in [3.63, 3.8) is 0 Å². The number of rotatable bonds is 7. The van der Waals surface area contributed by atoms with Gasteiger partial charge in [-0.1, -0.05) is 0 Å². The SMILES string of the molecule is CCn1cc(NC(=O)CNCCOC)cn1.Cl.